The molecule has 0 saturated heterocycles. The van der Waals surface area contributed by atoms with Crippen molar-refractivity contribution in [1.29, 1.82) is 0 Å². The van der Waals surface area contributed by atoms with Gasteiger partial charge >= 0.3 is 0 Å². The van der Waals surface area contributed by atoms with Crippen LogP contribution in [0.25, 0.3) is 0 Å². The lowest BCUT2D eigenvalue weighted by molar-refractivity contribution is 0.198. The molecule has 1 aromatic carbocycles. The number of aliphatic imine (C=N–C) groups is 1. The molecule has 0 aliphatic heterocycles. The fraction of sp³-hybridized carbons (Fsp3) is 0.632. The van der Waals surface area contributed by atoms with Crippen LogP contribution in [0.3, 0.4) is 0 Å². The summed E-state index contributed by atoms with van der Waals surface area (Å²) in [6.45, 7) is 6.54. The van der Waals surface area contributed by atoms with E-state index >= 15 is 0 Å². The molecule has 5 heteroatoms. The molecule has 5 nitrogen and oxygen atoms in total. The van der Waals surface area contributed by atoms with Gasteiger partial charge in [0, 0.05) is 18.7 Å². The van der Waals surface area contributed by atoms with Gasteiger partial charge in [-0.1, -0.05) is 19.1 Å². The maximum Gasteiger partial charge on any atom is 0.191 e. The van der Waals surface area contributed by atoms with Crippen molar-refractivity contribution in [3.63, 3.8) is 0 Å². The van der Waals surface area contributed by atoms with Crippen molar-refractivity contribution in [1.82, 2.24) is 10.6 Å². The summed E-state index contributed by atoms with van der Waals surface area (Å²) in [6.07, 6.45) is 6.12. The Morgan fingerprint density at radius 3 is 2.67 bits per heavy atom. The number of hydrogen-bond donors (Lipinski definition) is 2. The average Bonchev–Trinajstić information content (AvgIpc) is 3.11. The molecular weight excluding hydrogens is 302 g/mol. The van der Waals surface area contributed by atoms with E-state index in [1.807, 2.05) is 12.1 Å². The topological polar surface area (TPSA) is 54.9 Å². The first-order valence-electron chi connectivity index (χ1n) is 9.13. The van der Waals surface area contributed by atoms with Gasteiger partial charge in [0.05, 0.1) is 19.8 Å². The Labute approximate surface area is 145 Å². The zero-order valence-electron chi connectivity index (χ0n) is 15.2. The maximum atomic E-state index is 6.27. The average molecular weight is 333 g/mol. The van der Waals surface area contributed by atoms with Gasteiger partial charge in [-0.05, 0) is 45.1 Å². The summed E-state index contributed by atoms with van der Waals surface area (Å²) >= 11 is 0. The van der Waals surface area contributed by atoms with Gasteiger partial charge in [-0.2, -0.15) is 0 Å². The molecule has 1 aliphatic rings. The molecule has 2 rings (SSSR count). The third kappa shape index (κ3) is 5.32. The first kappa shape index (κ1) is 18.4. The summed E-state index contributed by atoms with van der Waals surface area (Å²) in [5.41, 5.74) is 1.06. The lowest BCUT2D eigenvalue weighted by Gasteiger charge is -2.19. The fourth-order valence-electron chi connectivity index (χ4n) is 2.90. The van der Waals surface area contributed by atoms with Gasteiger partial charge in [0.15, 0.2) is 17.5 Å². The van der Waals surface area contributed by atoms with E-state index in [0.717, 1.165) is 55.4 Å². The van der Waals surface area contributed by atoms with E-state index in [-0.39, 0.29) is 0 Å². The molecule has 1 aromatic rings. The van der Waals surface area contributed by atoms with Crippen LogP contribution in [0.4, 0.5) is 0 Å². The molecule has 1 aliphatic carbocycles. The van der Waals surface area contributed by atoms with Gasteiger partial charge in [-0.25, -0.2) is 4.99 Å². The Hall–Kier alpha value is -1.91. The summed E-state index contributed by atoms with van der Waals surface area (Å²) < 4.78 is 11.8. The third-order valence-electron chi connectivity index (χ3n) is 4.16. The van der Waals surface area contributed by atoms with E-state index in [0.29, 0.717) is 12.6 Å². The first-order valence-corrected chi connectivity index (χ1v) is 9.13. The number of nitrogens with one attached hydrogen (secondary N) is 2. The predicted molar refractivity (Wildman–Crippen MR) is 99.0 cm³/mol. The molecule has 1 saturated carbocycles. The number of rotatable bonds is 8. The minimum atomic E-state index is 0.301. The van der Waals surface area contributed by atoms with Crippen LogP contribution in [0.5, 0.6) is 11.5 Å². The summed E-state index contributed by atoms with van der Waals surface area (Å²) in [4.78, 5) is 4.69. The summed E-state index contributed by atoms with van der Waals surface area (Å²) in [5.74, 6) is 2.48. The maximum absolute atomic E-state index is 6.27. The van der Waals surface area contributed by atoms with Crippen LogP contribution in [0.1, 0.15) is 51.5 Å². The molecule has 0 heterocycles. The SMILES string of the molecule is CCCNC(=NCc1cccc(OC)c1OC1CCCC1)NCC. The second-order valence-electron chi connectivity index (χ2n) is 6.09. The summed E-state index contributed by atoms with van der Waals surface area (Å²) in [5, 5.41) is 6.60. The minimum Gasteiger partial charge on any atom is -0.493 e. The summed E-state index contributed by atoms with van der Waals surface area (Å²) in [6, 6.07) is 6.02. The smallest absolute Gasteiger partial charge is 0.191 e. The number of methoxy groups -OCH3 is 1. The lowest BCUT2D eigenvalue weighted by atomic mass is 10.1. The van der Waals surface area contributed by atoms with Crippen molar-refractivity contribution in [2.45, 2.75) is 58.6 Å². The van der Waals surface area contributed by atoms with Crippen LogP contribution in [0.2, 0.25) is 0 Å². The van der Waals surface area contributed by atoms with E-state index < -0.39 is 0 Å². The van der Waals surface area contributed by atoms with E-state index in [1.54, 1.807) is 7.11 Å². The second-order valence-corrected chi connectivity index (χ2v) is 6.09. The molecule has 0 amide bonds. The highest BCUT2D eigenvalue weighted by Crippen LogP contribution is 2.35. The van der Waals surface area contributed by atoms with Crippen molar-refractivity contribution in [2.24, 2.45) is 4.99 Å². The molecule has 1 fully saturated rings. The van der Waals surface area contributed by atoms with Crippen molar-refractivity contribution in [3.8, 4) is 11.5 Å². The molecule has 24 heavy (non-hydrogen) atoms. The number of hydrogen-bond acceptors (Lipinski definition) is 3. The van der Waals surface area contributed by atoms with Gasteiger partial charge in [0.1, 0.15) is 0 Å². The third-order valence-corrected chi connectivity index (χ3v) is 4.16. The van der Waals surface area contributed by atoms with Crippen LogP contribution < -0.4 is 20.1 Å². The Morgan fingerprint density at radius 2 is 2.00 bits per heavy atom. The predicted octanol–water partition coefficient (Wildman–Crippen LogP) is 3.48. The molecule has 0 spiro atoms. The van der Waals surface area contributed by atoms with Crippen molar-refractivity contribution >= 4 is 5.96 Å². The van der Waals surface area contributed by atoms with Crippen LogP contribution in [-0.4, -0.2) is 32.3 Å². The number of benzene rings is 1. The molecule has 2 N–H and O–H groups in total. The zero-order valence-corrected chi connectivity index (χ0v) is 15.2. The molecule has 0 bridgehead atoms. The normalized spacial score (nSPS) is 15.4. The van der Waals surface area contributed by atoms with Gasteiger partial charge in [-0.3, -0.25) is 0 Å². The van der Waals surface area contributed by atoms with Gasteiger partial charge in [-0.15, -0.1) is 0 Å². The molecule has 0 atom stereocenters. The minimum absolute atomic E-state index is 0.301. The van der Waals surface area contributed by atoms with Crippen molar-refractivity contribution < 1.29 is 9.47 Å². The number of guanidine groups is 1. The lowest BCUT2D eigenvalue weighted by Crippen LogP contribution is -2.37. The standard InChI is InChI=1S/C19H31N3O2/c1-4-13-21-19(20-5-2)22-14-15-9-8-12-17(23-3)18(15)24-16-10-6-7-11-16/h8-9,12,16H,4-7,10-11,13-14H2,1-3H3,(H2,20,21,22). The van der Waals surface area contributed by atoms with Crippen LogP contribution >= 0.6 is 0 Å². The highest BCUT2D eigenvalue weighted by atomic mass is 16.5. The summed E-state index contributed by atoms with van der Waals surface area (Å²) in [7, 11) is 1.69. The fourth-order valence-corrected chi connectivity index (χ4v) is 2.90. The van der Waals surface area contributed by atoms with Gasteiger partial charge in [0.25, 0.3) is 0 Å². The number of ether oxygens (including phenoxy) is 2. The van der Waals surface area contributed by atoms with E-state index in [9.17, 15) is 0 Å². The van der Waals surface area contributed by atoms with E-state index in [4.69, 9.17) is 14.5 Å². The van der Waals surface area contributed by atoms with Crippen LogP contribution in [-0.2, 0) is 6.54 Å². The highest BCUT2D eigenvalue weighted by Gasteiger charge is 2.20. The number of nitrogens with zero attached hydrogens (tertiary/aromatic N) is 1. The van der Waals surface area contributed by atoms with Crippen LogP contribution in [0.15, 0.2) is 23.2 Å². The molecule has 0 unspecified atom stereocenters. The van der Waals surface area contributed by atoms with Crippen molar-refractivity contribution in [2.75, 3.05) is 20.2 Å². The highest BCUT2D eigenvalue weighted by molar-refractivity contribution is 5.79. The quantitative estimate of drug-likeness (QED) is 0.565. The van der Waals surface area contributed by atoms with Gasteiger partial charge < -0.3 is 20.1 Å². The zero-order chi connectivity index (χ0) is 17.2. The second kappa shape index (κ2) is 10.1. The Morgan fingerprint density at radius 1 is 1.21 bits per heavy atom. The van der Waals surface area contributed by atoms with Crippen LogP contribution in [0, 0.1) is 0 Å². The Balaban J connectivity index is 2.14. The Bertz CT molecular complexity index is 525. The van der Waals surface area contributed by atoms with Crippen molar-refractivity contribution in [3.05, 3.63) is 23.8 Å². The molecule has 0 aromatic heterocycles. The molecular formula is C19H31N3O2. The Kier molecular flexibility index (Phi) is 7.72. The monoisotopic (exact) mass is 333 g/mol. The van der Waals surface area contributed by atoms with Gasteiger partial charge in [0.2, 0.25) is 0 Å². The van der Waals surface area contributed by atoms with E-state index in [1.165, 1.54) is 12.8 Å². The molecule has 0 radical (unpaired) electrons. The number of para-hydroxylation sites is 1. The largest absolute Gasteiger partial charge is 0.493 e. The molecule has 134 valence electrons. The van der Waals surface area contributed by atoms with E-state index in [2.05, 4.69) is 30.5 Å². The first-order chi connectivity index (χ1) is 11.8.